The summed E-state index contributed by atoms with van der Waals surface area (Å²) in [4.78, 5) is 2.40. The number of rotatable bonds is 8. The maximum atomic E-state index is 12.9. The average Bonchev–Trinajstić information content (AvgIpc) is 3.63. The molecule has 1 aliphatic rings. The summed E-state index contributed by atoms with van der Waals surface area (Å²) in [5.41, 5.74) is 17.4. The van der Waals surface area contributed by atoms with E-state index < -0.39 is 5.41 Å². The van der Waals surface area contributed by atoms with E-state index in [2.05, 4.69) is 238 Å². The zero-order chi connectivity index (χ0) is 42.7. The van der Waals surface area contributed by atoms with Crippen LogP contribution in [0, 0.1) is 13.8 Å². The number of anilines is 3. The van der Waals surface area contributed by atoms with Crippen LogP contribution < -0.4 is 4.90 Å². The molecule has 10 aromatic rings. The van der Waals surface area contributed by atoms with Crippen molar-refractivity contribution >= 4 is 38.6 Å². The molecule has 1 aliphatic carbocycles. The fourth-order valence-electron chi connectivity index (χ4n) is 10.6. The quantitative estimate of drug-likeness (QED) is 0.165. The number of nitrogens with zero attached hydrogens (tertiary/aromatic N) is 1. The Balaban J connectivity index is 1.23. The van der Waals surface area contributed by atoms with E-state index in [4.69, 9.17) is 0 Å². The maximum absolute atomic E-state index is 12.9. The Morgan fingerprint density at radius 2 is 0.984 bits per heavy atom. The van der Waals surface area contributed by atoms with Crippen LogP contribution in [0.5, 0.6) is 5.75 Å². The summed E-state index contributed by atoms with van der Waals surface area (Å²) < 4.78 is 0. The molecule has 0 radical (unpaired) electrons. The molecule has 0 aliphatic heterocycles. The van der Waals surface area contributed by atoms with Gasteiger partial charge in [-0.2, -0.15) is 0 Å². The van der Waals surface area contributed by atoms with Crippen molar-refractivity contribution in [1.82, 2.24) is 0 Å². The van der Waals surface area contributed by atoms with Gasteiger partial charge in [-0.25, -0.2) is 0 Å². The van der Waals surface area contributed by atoms with Crippen molar-refractivity contribution in [2.24, 2.45) is 0 Å². The lowest BCUT2D eigenvalue weighted by Gasteiger charge is -2.37. The SMILES string of the molecule is CCc1c(C2(c3ccc4ccc(C)cc4c3O)c3ccccc3-c3c(-c4ccccc4N(c4ccccc4)c4cccc(-c5ccccc5)c4)cccc32)ccc2ccc(C)cc12. The molecule has 0 saturated heterocycles. The molecule has 10 aromatic carbocycles. The van der Waals surface area contributed by atoms with E-state index in [0.29, 0.717) is 5.75 Å². The number of phenolic OH excluding ortho intramolecular Hbond substituents is 1. The van der Waals surface area contributed by atoms with Crippen LogP contribution in [0.1, 0.15) is 45.9 Å². The molecule has 63 heavy (non-hydrogen) atoms. The van der Waals surface area contributed by atoms with E-state index in [-0.39, 0.29) is 0 Å². The highest BCUT2D eigenvalue weighted by Crippen LogP contribution is 2.62. The second kappa shape index (κ2) is 15.3. The highest BCUT2D eigenvalue weighted by molar-refractivity contribution is 6.02. The van der Waals surface area contributed by atoms with Crippen LogP contribution in [0.2, 0.25) is 0 Å². The third-order valence-electron chi connectivity index (χ3n) is 13.3. The van der Waals surface area contributed by atoms with Gasteiger partial charge < -0.3 is 10.0 Å². The first kappa shape index (κ1) is 38.3. The first-order valence-corrected chi connectivity index (χ1v) is 22.0. The van der Waals surface area contributed by atoms with Gasteiger partial charge in [0, 0.05) is 27.9 Å². The summed E-state index contributed by atoms with van der Waals surface area (Å²) in [5, 5.41) is 17.3. The molecular formula is C61H47NO. The summed E-state index contributed by atoms with van der Waals surface area (Å²) >= 11 is 0. The average molecular weight is 810 g/mol. The number of hydrogen-bond donors (Lipinski definition) is 1. The van der Waals surface area contributed by atoms with Crippen molar-refractivity contribution < 1.29 is 5.11 Å². The summed E-state index contributed by atoms with van der Waals surface area (Å²) in [5.74, 6) is 0.324. The fourth-order valence-corrected chi connectivity index (χ4v) is 10.6. The van der Waals surface area contributed by atoms with Gasteiger partial charge in [-0.1, -0.05) is 194 Å². The third kappa shape index (κ3) is 6.09. The van der Waals surface area contributed by atoms with Gasteiger partial charge in [0.25, 0.3) is 0 Å². The summed E-state index contributed by atoms with van der Waals surface area (Å²) in [6.45, 7) is 6.55. The minimum Gasteiger partial charge on any atom is -0.507 e. The van der Waals surface area contributed by atoms with Crippen LogP contribution in [0.4, 0.5) is 17.1 Å². The number of aromatic hydroxyl groups is 1. The number of phenols is 1. The lowest BCUT2D eigenvalue weighted by atomic mass is 9.65. The highest BCUT2D eigenvalue weighted by Gasteiger charge is 2.49. The zero-order valence-electron chi connectivity index (χ0n) is 35.8. The van der Waals surface area contributed by atoms with Crippen molar-refractivity contribution in [2.75, 3.05) is 4.90 Å². The van der Waals surface area contributed by atoms with Crippen LogP contribution in [0.25, 0.3) is 54.9 Å². The summed E-state index contributed by atoms with van der Waals surface area (Å²) in [6, 6.07) is 77.0. The Bertz CT molecular complexity index is 3370. The maximum Gasteiger partial charge on any atom is 0.128 e. The third-order valence-corrected chi connectivity index (χ3v) is 13.3. The molecule has 0 spiro atoms. The van der Waals surface area contributed by atoms with Crippen molar-refractivity contribution in [3.05, 3.63) is 251 Å². The molecule has 1 N–H and O–H groups in total. The highest BCUT2D eigenvalue weighted by atomic mass is 16.3. The molecule has 1 atom stereocenters. The van der Waals surface area contributed by atoms with Crippen molar-refractivity contribution in [3.63, 3.8) is 0 Å². The number of hydrogen-bond acceptors (Lipinski definition) is 2. The minimum absolute atomic E-state index is 0.324. The lowest BCUT2D eigenvalue weighted by Crippen LogP contribution is -2.30. The van der Waals surface area contributed by atoms with Crippen LogP contribution >= 0.6 is 0 Å². The first-order chi connectivity index (χ1) is 30.9. The monoisotopic (exact) mass is 809 g/mol. The predicted octanol–water partition coefficient (Wildman–Crippen LogP) is 16.0. The molecule has 0 saturated carbocycles. The molecule has 0 aromatic heterocycles. The number of benzene rings is 10. The Morgan fingerprint density at radius 1 is 0.429 bits per heavy atom. The van der Waals surface area contributed by atoms with Crippen molar-refractivity contribution in [1.29, 1.82) is 0 Å². The van der Waals surface area contributed by atoms with Gasteiger partial charge in [-0.15, -0.1) is 0 Å². The summed E-state index contributed by atoms with van der Waals surface area (Å²) in [6.07, 6.45) is 0.833. The number of aryl methyl sites for hydroxylation is 3. The van der Waals surface area contributed by atoms with E-state index in [9.17, 15) is 5.11 Å². The van der Waals surface area contributed by atoms with Crippen molar-refractivity contribution in [2.45, 2.75) is 32.6 Å². The van der Waals surface area contributed by atoms with Crippen LogP contribution in [-0.4, -0.2) is 5.11 Å². The van der Waals surface area contributed by atoms with Gasteiger partial charge in [0.2, 0.25) is 0 Å². The van der Waals surface area contributed by atoms with Crippen molar-refractivity contribution in [3.8, 4) is 39.1 Å². The topological polar surface area (TPSA) is 23.5 Å². The van der Waals surface area contributed by atoms with E-state index in [1.807, 2.05) is 0 Å². The zero-order valence-corrected chi connectivity index (χ0v) is 35.8. The van der Waals surface area contributed by atoms with Gasteiger partial charge in [0.1, 0.15) is 5.75 Å². The molecule has 11 rings (SSSR count). The molecule has 0 fully saturated rings. The molecule has 0 bridgehead atoms. The van der Waals surface area contributed by atoms with E-state index in [1.165, 1.54) is 49.7 Å². The first-order valence-electron chi connectivity index (χ1n) is 22.0. The lowest BCUT2D eigenvalue weighted by molar-refractivity contribution is 0.467. The molecule has 2 heteroatoms. The summed E-state index contributed by atoms with van der Waals surface area (Å²) in [7, 11) is 0. The predicted molar refractivity (Wildman–Crippen MR) is 265 cm³/mol. The normalized spacial score (nSPS) is 14.1. The Hall–Kier alpha value is -7.68. The van der Waals surface area contributed by atoms with E-state index in [0.717, 1.165) is 67.6 Å². The Morgan fingerprint density at radius 3 is 1.75 bits per heavy atom. The van der Waals surface area contributed by atoms with Gasteiger partial charge in [-0.05, 0) is 123 Å². The van der Waals surface area contributed by atoms with Crippen LogP contribution in [0.3, 0.4) is 0 Å². The molecule has 1 unspecified atom stereocenters. The Labute approximate surface area is 370 Å². The number of fused-ring (bicyclic) bond motifs is 5. The molecule has 2 nitrogen and oxygen atoms in total. The van der Waals surface area contributed by atoms with Gasteiger partial charge >= 0.3 is 0 Å². The van der Waals surface area contributed by atoms with Crippen LogP contribution in [0.15, 0.2) is 212 Å². The Kier molecular flexibility index (Phi) is 9.32. The van der Waals surface area contributed by atoms with E-state index in [1.54, 1.807) is 0 Å². The molecule has 0 amide bonds. The molecule has 302 valence electrons. The minimum atomic E-state index is -0.842. The molecular weight excluding hydrogens is 763 g/mol. The standard InChI is InChI=1S/C61H47NO/c1-4-48-52-37-40(2)29-31-43(52)33-35-55(48)61(57-36-34-44-32-30-41(3)38-53(44)60(57)63)54-26-13-11-24-51(54)59-50(25-16-27-56(59)61)49-23-12-14-28-58(49)62(46-20-9-6-10-21-46)47-22-15-19-45(39-47)42-17-7-5-8-18-42/h5-39,63H,4H2,1-3H3. The smallest absolute Gasteiger partial charge is 0.128 e. The second-order valence-corrected chi connectivity index (χ2v) is 17.0. The molecule has 0 heterocycles. The largest absolute Gasteiger partial charge is 0.507 e. The van der Waals surface area contributed by atoms with Crippen LogP contribution in [-0.2, 0) is 11.8 Å². The second-order valence-electron chi connectivity index (χ2n) is 17.0. The van der Waals surface area contributed by atoms with E-state index >= 15 is 0 Å². The number of para-hydroxylation sites is 2. The van der Waals surface area contributed by atoms with Gasteiger partial charge in [0.05, 0.1) is 11.1 Å². The van der Waals surface area contributed by atoms with Gasteiger partial charge in [-0.3, -0.25) is 0 Å². The van der Waals surface area contributed by atoms with Gasteiger partial charge in [0.15, 0.2) is 0 Å². The fraction of sp³-hybridized carbons (Fsp3) is 0.0820.